The van der Waals surface area contributed by atoms with Gasteiger partial charge in [0.15, 0.2) is 0 Å². The van der Waals surface area contributed by atoms with E-state index < -0.39 is 0 Å². The zero-order chi connectivity index (χ0) is 13.2. The molecule has 1 nitrogen and oxygen atoms in total. The monoisotopic (exact) mass is 245 g/mol. The van der Waals surface area contributed by atoms with E-state index in [0.717, 1.165) is 19.0 Å². The topological polar surface area (TPSA) is 12.0 Å². The number of hydrogen-bond acceptors (Lipinski definition) is 1. The van der Waals surface area contributed by atoms with E-state index in [1.54, 1.807) is 5.56 Å². The van der Waals surface area contributed by atoms with E-state index in [-0.39, 0.29) is 0 Å². The molecule has 0 heterocycles. The van der Waals surface area contributed by atoms with Crippen LogP contribution in [0.3, 0.4) is 0 Å². The fraction of sp³-hybridized carbons (Fsp3) is 0.647. The SMILES string of the molecule is CCCC1(c2ccccc2)C(CNCC)C1(C)C. The molecule has 2 unspecified atom stereocenters. The molecule has 1 fully saturated rings. The molecule has 1 saturated carbocycles. The van der Waals surface area contributed by atoms with Gasteiger partial charge in [0.2, 0.25) is 0 Å². The molecule has 0 bridgehead atoms. The Morgan fingerprint density at radius 2 is 1.78 bits per heavy atom. The molecule has 100 valence electrons. The third-order valence-corrected chi connectivity index (χ3v) is 5.06. The molecular weight excluding hydrogens is 218 g/mol. The van der Waals surface area contributed by atoms with E-state index in [9.17, 15) is 0 Å². The highest BCUT2D eigenvalue weighted by Gasteiger charge is 2.69. The van der Waals surface area contributed by atoms with Crippen LogP contribution in [0.4, 0.5) is 0 Å². The summed E-state index contributed by atoms with van der Waals surface area (Å²) in [5.74, 6) is 0.771. The van der Waals surface area contributed by atoms with Crippen LogP contribution < -0.4 is 5.32 Å². The van der Waals surface area contributed by atoms with Crippen molar-refractivity contribution in [1.29, 1.82) is 0 Å². The van der Waals surface area contributed by atoms with Gasteiger partial charge in [0.25, 0.3) is 0 Å². The normalized spacial score (nSPS) is 29.2. The van der Waals surface area contributed by atoms with Crippen molar-refractivity contribution in [2.75, 3.05) is 13.1 Å². The molecule has 1 N–H and O–H groups in total. The average Bonchev–Trinajstić information content (AvgIpc) is 2.85. The Morgan fingerprint density at radius 3 is 2.33 bits per heavy atom. The Hall–Kier alpha value is -0.820. The lowest BCUT2D eigenvalue weighted by Crippen LogP contribution is -2.21. The van der Waals surface area contributed by atoms with Gasteiger partial charge in [-0.3, -0.25) is 0 Å². The smallest absolute Gasteiger partial charge is 0.00532 e. The summed E-state index contributed by atoms with van der Waals surface area (Å²) in [7, 11) is 0. The second-order valence-electron chi connectivity index (χ2n) is 6.17. The first-order valence-electron chi connectivity index (χ1n) is 7.37. The van der Waals surface area contributed by atoms with Gasteiger partial charge >= 0.3 is 0 Å². The summed E-state index contributed by atoms with van der Waals surface area (Å²) in [4.78, 5) is 0. The summed E-state index contributed by atoms with van der Waals surface area (Å²) in [6, 6.07) is 11.1. The van der Waals surface area contributed by atoms with Crippen molar-refractivity contribution in [1.82, 2.24) is 5.32 Å². The van der Waals surface area contributed by atoms with E-state index in [4.69, 9.17) is 0 Å². The van der Waals surface area contributed by atoms with E-state index in [0.29, 0.717) is 10.8 Å². The van der Waals surface area contributed by atoms with Crippen molar-refractivity contribution in [2.24, 2.45) is 11.3 Å². The number of rotatable bonds is 6. The predicted octanol–water partition coefficient (Wildman–Crippen LogP) is 3.99. The molecule has 2 rings (SSSR count). The Kier molecular flexibility index (Phi) is 3.82. The van der Waals surface area contributed by atoms with Gasteiger partial charge < -0.3 is 5.32 Å². The van der Waals surface area contributed by atoms with Gasteiger partial charge in [0, 0.05) is 5.41 Å². The lowest BCUT2D eigenvalue weighted by Gasteiger charge is -2.21. The van der Waals surface area contributed by atoms with Crippen LogP contribution in [0.5, 0.6) is 0 Å². The van der Waals surface area contributed by atoms with Crippen LogP contribution in [0, 0.1) is 11.3 Å². The number of nitrogens with one attached hydrogen (secondary N) is 1. The highest BCUT2D eigenvalue weighted by atomic mass is 14.9. The summed E-state index contributed by atoms with van der Waals surface area (Å²) in [5.41, 5.74) is 2.36. The van der Waals surface area contributed by atoms with E-state index in [1.807, 2.05) is 0 Å². The summed E-state index contributed by atoms with van der Waals surface area (Å²) in [6.07, 6.45) is 2.57. The Bertz CT molecular complexity index is 382. The summed E-state index contributed by atoms with van der Waals surface area (Å²) >= 11 is 0. The molecule has 18 heavy (non-hydrogen) atoms. The molecule has 0 amide bonds. The van der Waals surface area contributed by atoms with Crippen LogP contribution in [-0.2, 0) is 5.41 Å². The van der Waals surface area contributed by atoms with E-state index in [1.165, 1.54) is 12.8 Å². The predicted molar refractivity (Wildman–Crippen MR) is 78.8 cm³/mol. The molecule has 0 aromatic heterocycles. The molecule has 1 heteroatoms. The van der Waals surface area contributed by atoms with Crippen LogP contribution in [0.2, 0.25) is 0 Å². The lowest BCUT2D eigenvalue weighted by atomic mass is 9.84. The average molecular weight is 245 g/mol. The maximum absolute atomic E-state index is 3.55. The fourth-order valence-corrected chi connectivity index (χ4v) is 4.03. The first kappa shape index (κ1) is 13.6. The Morgan fingerprint density at radius 1 is 1.11 bits per heavy atom. The first-order chi connectivity index (χ1) is 8.61. The first-order valence-corrected chi connectivity index (χ1v) is 7.37. The number of benzene rings is 1. The largest absolute Gasteiger partial charge is 0.317 e. The van der Waals surface area contributed by atoms with Crippen LogP contribution in [0.1, 0.15) is 46.1 Å². The molecular formula is C17H27N. The van der Waals surface area contributed by atoms with Gasteiger partial charge in [-0.1, -0.05) is 64.4 Å². The zero-order valence-electron chi connectivity index (χ0n) is 12.3. The molecule has 0 aliphatic heterocycles. The van der Waals surface area contributed by atoms with Gasteiger partial charge in [0.1, 0.15) is 0 Å². The van der Waals surface area contributed by atoms with Crippen molar-refractivity contribution >= 4 is 0 Å². The second kappa shape index (κ2) is 5.05. The molecule has 2 atom stereocenters. The molecule has 0 spiro atoms. The highest BCUT2D eigenvalue weighted by molar-refractivity contribution is 5.40. The summed E-state index contributed by atoms with van der Waals surface area (Å²) < 4.78 is 0. The molecule has 1 aromatic rings. The third kappa shape index (κ3) is 1.89. The van der Waals surface area contributed by atoms with E-state index >= 15 is 0 Å². The standard InChI is InChI=1S/C17H27N/c1-5-12-17(14-10-8-7-9-11-14)15(13-18-6-2)16(17,3)4/h7-11,15,18H,5-6,12-13H2,1-4H3. The van der Waals surface area contributed by atoms with Gasteiger partial charge in [-0.2, -0.15) is 0 Å². The third-order valence-electron chi connectivity index (χ3n) is 5.06. The minimum Gasteiger partial charge on any atom is -0.317 e. The maximum atomic E-state index is 3.55. The fourth-order valence-electron chi connectivity index (χ4n) is 4.03. The van der Waals surface area contributed by atoms with Crippen molar-refractivity contribution in [3.63, 3.8) is 0 Å². The van der Waals surface area contributed by atoms with Crippen LogP contribution in [0.25, 0.3) is 0 Å². The van der Waals surface area contributed by atoms with Gasteiger partial charge in [-0.05, 0) is 36.4 Å². The summed E-state index contributed by atoms with van der Waals surface area (Å²) in [5, 5.41) is 3.55. The van der Waals surface area contributed by atoms with Crippen LogP contribution in [0.15, 0.2) is 30.3 Å². The van der Waals surface area contributed by atoms with Crippen LogP contribution in [-0.4, -0.2) is 13.1 Å². The minimum absolute atomic E-state index is 0.394. The van der Waals surface area contributed by atoms with Gasteiger partial charge in [-0.15, -0.1) is 0 Å². The molecule has 1 aliphatic carbocycles. The van der Waals surface area contributed by atoms with Crippen molar-refractivity contribution < 1.29 is 0 Å². The zero-order valence-corrected chi connectivity index (χ0v) is 12.3. The second-order valence-corrected chi connectivity index (χ2v) is 6.17. The molecule has 1 aromatic carbocycles. The molecule has 0 saturated heterocycles. The molecule has 1 aliphatic rings. The van der Waals surface area contributed by atoms with Crippen molar-refractivity contribution in [2.45, 2.75) is 46.0 Å². The quantitative estimate of drug-likeness (QED) is 0.799. The van der Waals surface area contributed by atoms with Crippen molar-refractivity contribution in [3.05, 3.63) is 35.9 Å². The van der Waals surface area contributed by atoms with Crippen molar-refractivity contribution in [3.8, 4) is 0 Å². The molecule has 0 radical (unpaired) electrons. The van der Waals surface area contributed by atoms with Gasteiger partial charge in [0.05, 0.1) is 0 Å². The van der Waals surface area contributed by atoms with Crippen LogP contribution >= 0.6 is 0 Å². The summed E-state index contributed by atoms with van der Waals surface area (Å²) in [6.45, 7) is 11.6. The maximum Gasteiger partial charge on any atom is 0.00532 e. The minimum atomic E-state index is 0.394. The lowest BCUT2D eigenvalue weighted by molar-refractivity contribution is 0.462. The Balaban J connectivity index is 2.29. The van der Waals surface area contributed by atoms with E-state index in [2.05, 4.69) is 63.3 Å². The van der Waals surface area contributed by atoms with Gasteiger partial charge in [-0.25, -0.2) is 0 Å². The Labute approximate surface area is 112 Å². The highest BCUT2D eigenvalue weighted by Crippen LogP contribution is 2.71. The number of hydrogen-bond donors (Lipinski definition) is 1.